The molecule has 1 aliphatic rings. The van der Waals surface area contributed by atoms with Crippen LogP contribution in [0.3, 0.4) is 0 Å². The maximum atomic E-state index is 5.53. The molecule has 0 unspecified atom stereocenters. The highest BCUT2D eigenvalue weighted by atomic mass is 16.5. The number of nitrogens with one attached hydrogen (secondary N) is 1. The van der Waals surface area contributed by atoms with Crippen LogP contribution in [0.25, 0.3) is 0 Å². The van der Waals surface area contributed by atoms with Crippen molar-refractivity contribution in [2.24, 2.45) is 0 Å². The Morgan fingerprint density at radius 1 is 1.41 bits per heavy atom. The Morgan fingerprint density at radius 3 is 2.82 bits per heavy atom. The molecule has 1 heterocycles. The Morgan fingerprint density at radius 2 is 2.24 bits per heavy atom. The first-order valence-corrected chi connectivity index (χ1v) is 6.02. The van der Waals surface area contributed by atoms with E-state index in [1.165, 1.54) is 6.42 Å². The Kier molecular flexibility index (Phi) is 3.78. The van der Waals surface area contributed by atoms with Gasteiger partial charge >= 0.3 is 0 Å². The molecule has 1 N–H and O–H groups in total. The Bertz CT molecular complexity index is 361. The number of aromatic nitrogens is 2. The van der Waals surface area contributed by atoms with Gasteiger partial charge in [0.25, 0.3) is 0 Å². The van der Waals surface area contributed by atoms with Crippen molar-refractivity contribution in [1.29, 1.82) is 0 Å². The largest absolute Gasteiger partial charge is 0.477 e. The summed E-state index contributed by atoms with van der Waals surface area (Å²) in [6.45, 7) is 3.30. The zero-order valence-corrected chi connectivity index (χ0v) is 10.4. The summed E-state index contributed by atoms with van der Waals surface area (Å²) < 4.78 is 10.8. The molecule has 1 aromatic rings. The maximum absolute atomic E-state index is 5.53. The fourth-order valence-electron chi connectivity index (χ4n) is 1.93. The van der Waals surface area contributed by atoms with Crippen LogP contribution in [-0.4, -0.2) is 35.8 Å². The lowest BCUT2D eigenvalue weighted by Crippen LogP contribution is -2.45. The SMILES string of the molecule is CCOc1cncc(NCC2(OC)CCC2)n1. The molecule has 94 valence electrons. The molecule has 5 heteroatoms. The molecule has 0 bridgehead atoms. The minimum absolute atomic E-state index is 0.0106. The Balaban J connectivity index is 1.92. The summed E-state index contributed by atoms with van der Waals surface area (Å²) in [6.07, 6.45) is 6.76. The van der Waals surface area contributed by atoms with Crippen LogP contribution in [0.2, 0.25) is 0 Å². The van der Waals surface area contributed by atoms with Crippen molar-refractivity contribution in [3.05, 3.63) is 12.4 Å². The second-order valence-corrected chi connectivity index (χ2v) is 4.27. The third kappa shape index (κ3) is 2.85. The normalized spacial score (nSPS) is 17.3. The molecule has 0 aliphatic heterocycles. The van der Waals surface area contributed by atoms with Gasteiger partial charge in [-0.15, -0.1) is 0 Å². The van der Waals surface area contributed by atoms with Crippen molar-refractivity contribution < 1.29 is 9.47 Å². The molecule has 0 spiro atoms. The average Bonchev–Trinajstić information content (AvgIpc) is 2.29. The van der Waals surface area contributed by atoms with Crippen LogP contribution in [0.15, 0.2) is 12.4 Å². The first kappa shape index (κ1) is 12.1. The van der Waals surface area contributed by atoms with E-state index >= 15 is 0 Å². The minimum atomic E-state index is -0.0106. The van der Waals surface area contributed by atoms with Gasteiger partial charge in [-0.05, 0) is 26.2 Å². The van der Waals surface area contributed by atoms with Gasteiger partial charge in [0.05, 0.1) is 24.6 Å². The van der Waals surface area contributed by atoms with E-state index in [0.29, 0.717) is 12.5 Å². The number of hydrogen-bond acceptors (Lipinski definition) is 5. The summed E-state index contributed by atoms with van der Waals surface area (Å²) in [5, 5.41) is 3.26. The molecular formula is C12H19N3O2. The van der Waals surface area contributed by atoms with E-state index < -0.39 is 0 Å². The lowest BCUT2D eigenvalue weighted by Gasteiger charge is -2.40. The number of hydrogen-bond donors (Lipinski definition) is 1. The Hall–Kier alpha value is -1.36. The van der Waals surface area contributed by atoms with Crippen LogP contribution < -0.4 is 10.1 Å². The van der Waals surface area contributed by atoms with Crippen LogP contribution in [0.4, 0.5) is 5.82 Å². The zero-order chi connectivity index (χ0) is 12.1. The molecule has 0 atom stereocenters. The van der Waals surface area contributed by atoms with E-state index in [2.05, 4.69) is 15.3 Å². The molecule has 2 rings (SSSR count). The van der Waals surface area contributed by atoms with E-state index in [-0.39, 0.29) is 5.60 Å². The predicted molar refractivity (Wildman–Crippen MR) is 65.3 cm³/mol. The van der Waals surface area contributed by atoms with Crippen molar-refractivity contribution in [3.8, 4) is 5.88 Å². The van der Waals surface area contributed by atoms with Crippen molar-refractivity contribution in [2.45, 2.75) is 31.8 Å². The summed E-state index contributed by atoms with van der Waals surface area (Å²) in [4.78, 5) is 8.39. The van der Waals surface area contributed by atoms with Gasteiger partial charge in [0.2, 0.25) is 5.88 Å². The second kappa shape index (κ2) is 5.31. The predicted octanol–water partition coefficient (Wildman–Crippen LogP) is 1.86. The highest BCUT2D eigenvalue weighted by Crippen LogP contribution is 2.34. The van der Waals surface area contributed by atoms with Crippen LogP contribution in [0.1, 0.15) is 26.2 Å². The van der Waals surface area contributed by atoms with Gasteiger partial charge in [-0.25, -0.2) is 0 Å². The summed E-state index contributed by atoms with van der Waals surface area (Å²) >= 11 is 0. The maximum Gasteiger partial charge on any atom is 0.234 e. The average molecular weight is 237 g/mol. The lowest BCUT2D eigenvalue weighted by atomic mass is 9.80. The van der Waals surface area contributed by atoms with Gasteiger partial charge in [-0.2, -0.15) is 4.98 Å². The van der Waals surface area contributed by atoms with E-state index in [1.807, 2.05) is 6.92 Å². The molecule has 5 nitrogen and oxygen atoms in total. The molecule has 1 fully saturated rings. The number of rotatable bonds is 6. The summed E-state index contributed by atoms with van der Waals surface area (Å²) in [5.41, 5.74) is -0.0106. The van der Waals surface area contributed by atoms with Crippen molar-refractivity contribution in [1.82, 2.24) is 9.97 Å². The molecule has 0 saturated heterocycles. The third-order valence-corrected chi connectivity index (χ3v) is 3.19. The van der Waals surface area contributed by atoms with Crippen LogP contribution in [0, 0.1) is 0 Å². The standard InChI is InChI=1S/C12H19N3O2/c1-3-17-11-8-13-7-10(15-11)14-9-12(16-2)5-4-6-12/h7-8H,3-6,9H2,1-2H3,(H,14,15). The van der Waals surface area contributed by atoms with Crippen molar-refractivity contribution in [3.63, 3.8) is 0 Å². The van der Waals surface area contributed by atoms with Crippen LogP contribution >= 0.6 is 0 Å². The van der Waals surface area contributed by atoms with Gasteiger partial charge in [-0.1, -0.05) is 0 Å². The van der Waals surface area contributed by atoms with Gasteiger partial charge in [0, 0.05) is 13.7 Å². The van der Waals surface area contributed by atoms with Crippen molar-refractivity contribution >= 4 is 5.82 Å². The first-order valence-electron chi connectivity index (χ1n) is 6.02. The molecule has 1 saturated carbocycles. The third-order valence-electron chi connectivity index (χ3n) is 3.19. The fraction of sp³-hybridized carbons (Fsp3) is 0.667. The van der Waals surface area contributed by atoms with Gasteiger partial charge in [0.1, 0.15) is 5.82 Å². The minimum Gasteiger partial charge on any atom is -0.477 e. The molecule has 0 amide bonds. The Labute approximate surface area is 102 Å². The van der Waals surface area contributed by atoms with Crippen LogP contribution in [-0.2, 0) is 4.74 Å². The summed E-state index contributed by atoms with van der Waals surface area (Å²) in [7, 11) is 1.77. The number of methoxy groups -OCH3 is 1. The number of ether oxygens (including phenoxy) is 2. The van der Waals surface area contributed by atoms with E-state index in [4.69, 9.17) is 9.47 Å². The number of nitrogens with zero attached hydrogens (tertiary/aromatic N) is 2. The number of anilines is 1. The molecular weight excluding hydrogens is 218 g/mol. The second-order valence-electron chi connectivity index (χ2n) is 4.27. The molecule has 0 aromatic carbocycles. The van der Waals surface area contributed by atoms with Crippen molar-refractivity contribution in [2.75, 3.05) is 25.6 Å². The zero-order valence-electron chi connectivity index (χ0n) is 10.4. The van der Waals surface area contributed by atoms with E-state index in [1.54, 1.807) is 19.5 Å². The van der Waals surface area contributed by atoms with Gasteiger partial charge in [-0.3, -0.25) is 4.98 Å². The fourth-order valence-corrected chi connectivity index (χ4v) is 1.93. The molecule has 1 aromatic heterocycles. The molecule has 1 aliphatic carbocycles. The molecule has 17 heavy (non-hydrogen) atoms. The summed E-state index contributed by atoms with van der Waals surface area (Å²) in [6, 6.07) is 0. The summed E-state index contributed by atoms with van der Waals surface area (Å²) in [5.74, 6) is 1.29. The van der Waals surface area contributed by atoms with E-state index in [0.717, 1.165) is 25.2 Å². The molecule has 0 radical (unpaired) electrons. The quantitative estimate of drug-likeness (QED) is 0.818. The van der Waals surface area contributed by atoms with Crippen LogP contribution in [0.5, 0.6) is 5.88 Å². The highest BCUT2D eigenvalue weighted by Gasteiger charge is 2.36. The topological polar surface area (TPSA) is 56.3 Å². The van der Waals surface area contributed by atoms with Gasteiger partial charge < -0.3 is 14.8 Å². The smallest absolute Gasteiger partial charge is 0.234 e. The van der Waals surface area contributed by atoms with E-state index in [9.17, 15) is 0 Å². The van der Waals surface area contributed by atoms with Gasteiger partial charge in [0.15, 0.2) is 0 Å². The monoisotopic (exact) mass is 237 g/mol. The lowest BCUT2D eigenvalue weighted by molar-refractivity contribution is -0.0601. The highest BCUT2D eigenvalue weighted by molar-refractivity contribution is 5.34. The first-order chi connectivity index (χ1) is 8.28.